The van der Waals surface area contributed by atoms with E-state index in [9.17, 15) is 0 Å². The molecule has 0 unspecified atom stereocenters. The maximum Gasteiger partial charge on any atom is 0.218 e. The van der Waals surface area contributed by atoms with Crippen molar-refractivity contribution >= 4 is 5.82 Å². The van der Waals surface area contributed by atoms with Gasteiger partial charge in [0.15, 0.2) is 0 Å². The van der Waals surface area contributed by atoms with Gasteiger partial charge in [-0.1, -0.05) is 20.8 Å². The summed E-state index contributed by atoms with van der Waals surface area (Å²) in [7, 11) is 0. The van der Waals surface area contributed by atoms with E-state index in [0.717, 1.165) is 50.5 Å². The highest BCUT2D eigenvalue weighted by Crippen LogP contribution is 2.14. The molecule has 5 heteroatoms. The molecule has 1 heterocycles. The van der Waals surface area contributed by atoms with Crippen LogP contribution >= 0.6 is 0 Å². The lowest BCUT2D eigenvalue weighted by Gasteiger charge is -2.17. The first-order valence-electron chi connectivity index (χ1n) is 8.70. The Bertz CT molecular complexity index is 383. The zero-order chi connectivity index (χ0) is 16.2. The van der Waals surface area contributed by atoms with Crippen molar-refractivity contribution in [1.82, 2.24) is 14.9 Å². The van der Waals surface area contributed by atoms with E-state index in [1.165, 1.54) is 13.0 Å². The van der Waals surface area contributed by atoms with Gasteiger partial charge in [-0.2, -0.15) is 4.98 Å². The number of nitrogens with zero attached hydrogens (tertiary/aromatic N) is 3. The van der Waals surface area contributed by atoms with Crippen LogP contribution < -0.4 is 10.1 Å². The van der Waals surface area contributed by atoms with E-state index in [-0.39, 0.29) is 0 Å². The number of aromatic nitrogens is 2. The summed E-state index contributed by atoms with van der Waals surface area (Å²) >= 11 is 0. The van der Waals surface area contributed by atoms with Gasteiger partial charge in [-0.25, -0.2) is 4.98 Å². The molecule has 0 amide bonds. The topological polar surface area (TPSA) is 50.3 Å². The average molecular weight is 308 g/mol. The molecular weight excluding hydrogens is 276 g/mol. The van der Waals surface area contributed by atoms with Gasteiger partial charge in [-0.3, -0.25) is 0 Å². The van der Waals surface area contributed by atoms with Gasteiger partial charge in [0.2, 0.25) is 5.88 Å². The van der Waals surface area contributed by atoms with Crippen LogP contribution in [0.25, 0.3) is 0 Å². The number of rotatable bonds is 12. The van der Waals surface area contributed by atoms with Crippen molar-refractivity contribution in [3.63, 3.8) is 0 Å². The second kappa shape index (κ2) is 11.2. The van der Waals surface area contributed by atoms with Crippen molar-refractivity contribution in [3.8, 4) is 5.88 Å². The monoisotopic (exact) mass is 308 g/mol. The SMILES string of the molecule is CCCc1nc(NCCCCN(CC)CC)cc(OCC)n1. The number of hydrogen-bond donors (Lipinski definition) is 1. The summed E-state index contributed by atoms with van der Waals surface area (Å²) in [6.45, 7) is 13.5. The summed E-state index contributed by atoms with van der Waals surface area (Å²) < 4.78 is 5.52. The highest BCUT2D eigenvalue weighted by atomic mass is 16.5. The largest absolute Gasteiger partial charge is 0.478 e. The minimum Gasteiger partial charge on any atom is -0.478 e. The molecular formula is C17H32N4O. The van der Waals surface area contributed by atoms with Crippen molar-refractivity contribution in [2.75, 3.05) is 38.1 Å². The number of hydrogen-bond acceptors (Lipinski definition) is 5. The predicted octanol–water partition coefficient (Wildman–Crippen LogP) is 3.36. The lowest BCUT2D eigenvalue weighted by molar-refractivity contribution is 0.298. The van der Waals surface area contributed by atoms with Gasteiger partial charge >= 0.3 is 0 Å². The Morgan fingerprint density at radius 3 is 2.50 bits per heavy atom. The van der Waals surface area contributed by atoms with Crippen LogP contribution in [0.15, 0.2) is 6.07 Å². The maximum absolute atomic E-state index is 5.52. The van der Waals surface area contributed by atoms with Gasteiger partial charge in [0.05, 0.1) is 6.61 Å². The van der Waals surface area contributed by atoms with Crippen LogP contribution in [0.4, 0.5) is 5.82 Å². The van der Waals surface area contributed by atoms with Gasteiger partial charge in [-0.05, 0) is 45.8 Å². The Kier molecular flexibility index (Phi) is 9.55. The van der Waals surface area contributed by atoms with Crippen molar-refractivity contribution in [2.45, 2.75) is 53.4 Å². The molecule has 0 saturated carbocycles. The minimum absolute atomic E-state index is 0.631. The van der Waals surface area contributed by atoms with Gasteiger partial charge in [0.1, 0.15) is 11.6 Å². The van der Waals surface area contributed by atoms with Crippen LogP contribution in [0.2, 0.25) is 0 Å². The maximum atomic E-state index is 5.52. The van der Waals surface area contributed by atoms with Crippen LogP contribution in [-0.4, -0.2) is 47.7 Å². The number of aryl methyl sites for hydroxylation is 1. The molecule has 0 saturated heterocycles. The van der Waals surface area contributed by atoms with Gasteiger partial charge < -0.3 is 15.0 Å². The Morgan fingerprint density at radius 2 is 1.86 bits per heavy atom. The van der Waals surface area contributed by atoms with Crippen LogP contribution in [0.3, 0.4) is 0 Å². The first kappa shape index (κ1) is 18.7. The van der Waals surface area contributed by atoms with Crippen LogP contribution in [0, 0.1) is 0 Å². The van der Waals surface area contributed by atoms with E-state index in [0.29, 0.717) is 12.5 Å². The fourth-order valence-corrected chi connectivity index (χ4v) is 2.34. The molecule has 0 fully saturated rings. The molecule has 0 aliphatic carbocycles. The van der Waals surface area contributed by atoms with E-state index < -0.39 is 0 Å². The number of anilines is 1. The number of ether oxygens (including phenoxy) is 1. The van der Waals surface area contributed by atoms with E-state index in [1.54, 1.807) is 0 Å². The average Bonchev–Trinajstić information content (AvgIpc) is 2.51. The third-order valence-corrected chi connectivity index (χ3v) is 3.62. The molecule has 0 aliphatic heterocycles. The summed E-state index contributed by atoms with van der Waals surface area (Å²) in [5.74, 6) is 2.41. The lowest BCUT2D eigenvalue weighted by Crippen LogP contribution is -2.24. The highest BCUT2D eigenvalue weighted by Gasteiger charge is 2.05. The molecule has 126 valence electrons. The Labute approximate surface area is 135 Å². The van der Waals surface area contributed by atoms with Crippen molar-refractivity contribution in [3.05, 3.63) is 11.9 Å². The quantitative estimate of drug-likeness (QED) is 0.600. The van der Waals surface area contributed by atoms with E-state index in [1.807, 2.05) is 13.0 Å². The molecule has 0 spiro atoms. The minimum atomic E-state index is 0.631. The molecule has 0 bridgehead atoms. The standard InChI is InChI=1S/C17H32N4O/c1-5-11-15-19-16(14-17(20-15)22-8-4)18-12-9-10-13-21(6-2)7-3/h14H,5-13H2,1-4H3,(H,18,19,20). The molecule has 22 heavy (non-hydrogen) atoms. The molecule has 1 rings (SSSR count). The van der Waals surface area contributed by atoms with Gasteiger partial charge in [0, 0.05) is 19.0 Å². The Balaban J connectivity index is 2.43. The molecule has 1 N–H and O–H groups in total. The summed E-state index contributed by atoms with van der Waals surface area (Å²) in [6.07, 6.45) is 4.28. The predicted molar refractivity (Wildman–Crippen MR) is 92.7 cm³/mol. The highest BCUT2D eigenvalue weighted by molar-refractivity contribution is 5.38. The first-order chi connectivity index (χ1) is 10.7. The molecule has 5 nitrogen and oxygen atoms in total. The summed E-state index contributed by atoms with van der Waals surface area (Å²) in [4.78, 5) is 11.4. The smallest absolute Gasteiger partial charge is 0.218 e. The van der Waals surface area contributed by atoms with Crippen molar-refractivity contribution < 1.29 is 4.74 Å². The summed E-state index contributed by atoms with van der Waals surface area (Å²) in [6, 6.07) is 1.90. The van der Waals surface area contributed by atoms with Crippen LogP contribution in [-0.2, 0) is 6.42 Å². The Morgan fingerprint density at radius 1 is 1.09 bits per heavy atom. The Hall–Kier alpha value is -1.36. The van der Waals surface area contributed by atoms with Crippen LogP contribution in [0.1, 0.15) is 52.8 Å². The fourth-order valence-electron chi connectivity index (χ4n) is 2.34. The molecule has 0 aromatic carbocycles. The van der Waals surface area contributed by atoms with Gasteiger partial charge in [-0.15, -0.1) is 0 Å². The van der Waals surface area contributed by atoms with Gasteiger partial charge in [0.25, 0.3) is 0 Å². The van der Waals surface area contributed by atoms with E-state index >= 15 is 0 Å². The zero-order valence-electron chi connectivity index (χ0n) is 14.7. The second-order valence-electron chi connectivity index (χ2n) is 5.35. The number of nitrogens with one attached hydrogen (secondary N) is 1. The molecule has 0 atom stereocenters. The van der Waals surface area contributed by atoms with Crippen LogP contribution in [0.5, 0.6) is 5.88 Å². The first-order valence-corrected chi connectivity index (χ1v) is 8.70. The summed E-state index contributed by atoms with van der Waals surface area (Å²) in [5.41, 5.74) is 0. The third kappa shape index (κ3) is 7.07. The fraction of sp³-hybridized carbons (Fsp3) is 0.765. The molecule has 1 aromatic heterocycles. The number of unbranched alkanes of at least 4 members (excludes halogenated alkanes) is 1. The summed E-state index contributed by atoms with van der Waals surface area (Å²) in [5, 5.41) is 3.40. The third-order valence-electron chi connectivity index (χ3n) is 3.62. The lowest BCUT2D eigenvalue weighted by atomic mass is 10.3. The van der Waals surface area contributed by atoms with E-state index in [2.05, 4.69) is 41.0 Å². The van der Waals surface area contributed by atoms with E-state index in [4.69, 9.17) is 4.74 Å². The van der Waals surface area contributed by atoms with Crippen molar-refractivity contribution in [1.29, 1.82) is 0 Å². The molecule has 0 radical (unpaired) electrons. The molecule has 1 aromatic rings. The normalized spacial score (nSPS) is 11.0. The zero-order valence-corrected chi connectivity index (χ0v) is 14.7. The second-order valence-corrected chi connectivity index (χ2v) is 5.35. The molecule has 0 aliphatic rings. The van der Waals surface area contributed by atoms with Crippen molar-refractivity contribution in [2.24, 2.45) is 0 Å².